The van der Waals surface area contributed by atoms with Crippen LogP contribution in [0.3, 0.4) is 0 Å². The summed E-state index contributed by atoms with van der Waals surface area (Å²) in [6.45, 7) is 3.67. The van der Waals surface area contributed by atoms with Gasteiger partial charge in [-0.1, -0.05) is 18.5 Å². The normalized spacial score (nSPS) is 10.2. The lowest BCUT2D eigenvalue weighted by Gasteiger charge is -2.03. The quantitative estimate of drug-likeness (QED) is 0.572. The van der Waals surface area contributed by atoms with Crippen LogP contribution in [0.25, 0.3) is 0 Å². The zero-order chi connectivity index (χ0) is 10.6. The SMILES string of the molecule is CCCSc1ccc(C(C)=O)c(Cl)c1. The van der Waals surface area contributed by atoms with Crippen LogP contribution in [0, 0.1) is 0 Å². The third-order valence-corrected chi connectivity index (χ3v) is 3.31. The molecule has 0 aliphatic rings. The van der Waals surface area contributed by atoms with Crippen molar-refractivity contribution in [2.24, 2.45) is 0 Å². The third kappa shape index (κ3) is 3.03. The van der Waals surface area contributed by atoms with Crippen LogP contribution in [0.1, 0.15) is 30.6 Å². The predicted octanol–water partition coefficient (Wildman–Crippen LogP) is 4.04. The number of hydrogen-bond acceptors (Lipinski definition) is 2. The van der Waals surface area contributed by atoms with E-state index in [0.29, 0.717) is 10.6 Å². The van der Waals surface area contributed by atoms with Gasteiger partial charge in [0.25, 0.3) is 0 Å². The van der Waals surface area contributed by atoms with E-state index in [4.69, 9.17) is 11.6 Å². The minimum atomic E-state index is 0.0158. The Bertz CT molecular complexity index is 336. The molecule has 0 fully saturated rings. The summed E-state index contributed by atoms with van der Waals surface area (Å²) in [5, 5.41) is 0.554. The van der Waals surface area contributed by atoms with Crippen molar-refractivity contribution in [3.8, 4) is 0 Å². The summed E-state index contributed by atoms with van der Waals surface area (Å²) in [7, 11) is 0. The third-order valence-electron chi connectivity index (χ3n) is 1.79. The standard InChI is InChI=1S/C11H13ClOS/c1-3-6-14-9-4-5-10(8(2)13)11(12)7-9/h4-5,7H,3,6H2,1-2H3. The Kier molecular flexibility index (Phi) is 4.49. The van der Waals surface area contributed by atoms with E-state index in [1.807, 2.05) is 12.1 Å². The summed E-state index contributed by atoms with van der Waals surface area (Å²) < 4.78 is 0. The molecule has 14 heavy (non-hydrogen) atoms. The fraction of sp³-hybridized carbons (Fsp3) is 0.364. The number of benzene rings is 1. The molecule has 3 heteroatoms. The first-order valence-corrected chi connectivity index (χ1v) is 5.94. The highest BCUT2D eigenvalue weighted by Crippen LogP contribution is 2.25. The van der Waals surface area contributed by atoms with Crippen molar-refractivity contribution >= 4 is 29.1 Å². The van der Waals surface area contributed by atoms with Gasteiger partial charge in [-0.25, -0.2) is 0 Å². The Balaban J connectivity index is 2.83. The Morgan fingerprint density at radius 1 is 1.50 bits per heavy atom. The van der Waals surface area contributed by atoms with Gasteiger partial charge in [-0.3, -0.25) is 4.79 Å². The largest absolute Gasteiger partial charge is 0.294 e. The fourth-order valence-electron chi connectivity index (χ4n) is 1.09. The first-order valence-electron chi connectivity index (χ1n) is 4.58. The number of carbonyl (C=O) groups excluding carboxylic acids is 1. The van der Waals surface area contributed by atoms with E-state index in [1.54, 1.807) is 17.8 Å². The van der Waals surface area contributed by atoms with Gasteiger partial charge < -0.3 is 0 Å². The van der Waals surface area contributed by atoms with E-state index >= 15 is 0 Å². The molecule has 0 spiro atoms. The number of Topliss-reactive ketones (excluding diaryl/α,β-unsaturated/α-hetero) is 1. The van der Waals surface area contributed by atoms with Crippen LogP contribution >= 0.6 is 23.4 Å². The smallest absolute Gasteiger partial charge is 0.161 e. The number of halogens is 1. The van der Waals surface area contributed by atoms with Crippen molar-refractivity contribution in [1.29, 1.82) is 0 Å². The molecule has 0 bridgehead atoms. The van der Waals surface area contributed by atoms with Crippen LogP contribution < -0.4 is 0 Å². The second-order valence-electron chi connectivity index (χ2n) is 3.05. The van der Waals surface area contributed by atoms with Crippen LogP contribution in [-0.2, 0) is 0 Å². The van der Waals surface area contributed by atoms with Crippen LogP contribution in [0.4, 0.5) is 0 Å². The van der Waals surface area contributed by atoms with Crippen molar-refractivity contribution in [2.45, 2.75) is 25.2 Å². The molecule has 0 saturated carbocycles. The van der Waals surface area contributed by atoms with Gasteiger partial charge in [-0.05, 0) is 37.3 Å². The second kappa shape index (κ2) is 5.42. The Morgan fingerprint density at radius 2 is 2.21 bits per heavy atom. The van der Waals surface area contributed by atoms with Gasteiger partial charge in [-0.2, -0.15) is 0 Å². The summed E-state index contributed by atoms with van der Waals surface area (Å²) >= 11 is 7.73. The summed E-state index contributed by atoms with van der Waals surface area (Å²) in [5.41, 5.74) is 0.604. The van der Waals surface area contributed by atoms with Gasteiger partial charge in [0, 0.05) is 10.5 Å². The van der Waals surface area contributed by atoms with Crippen LogP contribution in [0.15, 0.2) is 23.1 Å². The molecular weight excluding hydrogens is 216 g/mol. The van der Waals surface area contributed by atoms with Gasteiger partial charge in [0.1, 0.15) is 0 Å². The highest BCUT2D eigenvalue weighted by atomic mass is 35.5. The Labute approximate surface area is 93.8 Å². The average molecular weight is 229 g/mol. The van der Waals surface area contributed by atoms with Crippen molar-refractivity contribution in [1.82, 2.24) is 0 Å². The lowest BCUT2D eigenvalue weighted by Crippen LogP contribution is -1.92. The molecular formula is C11H13ClOS. The van der Waals surface area contributed by atoms with E-state index in [-0.39, 0.29) is 5.78 Å². The molecule has 0 amide bonds. The molecule has 1 aromatic carbocycles. The molecule has 0 aliphatic carbocycles. The van der Waals surface area contributed by atoms with Gasteiger partial charge in [0.2, 0.25) is 0 Å². The van der Waals surface area contributed by atoms with Crippen molar-refractivity contribution in [3.05, 3.63) is 28.8 Å². The van der Waals surface area contributed by atoms with Gasteiger partial charge in [0.15, 0.2) is 5.78 Å². The Hall–Kier alpha value is -0.470. The average Bonchev–Trinajstić information content (AvgIpc) is 2.14. The number of thioether (sulfide) groups is 1. The Morgan fingerprint density at radius 3 is 2.71 bits per heavy atom. The number of rotatable bonds is 4. The molecule has 1 rings (SSSR count). The van der Waals surface area contributed by atoms with Crippen LogP contribution in [0.5, 0.6) is 0 Å². The highest BCUT2D eigenvalue weighted by Gasteiger charge is 2.05. The minimum Gasteiger partial charge on any atom is -0.294 e. The van der Waals surface area contributed by atoms with E-state index in [2.05, 4.69) is 6.92 Å². The first kappa shape index (κ1) is 11.6. The summed E-state index contributed by atoms with van der Waals surface area (Å²) in [4.78, 5) is 12.2. The van der Waals surface area contributed by atoms with E-state index in [9.17, 15) is 4.79 Å². The molecule has 0 aliphatic heterocycles. The van der Waals surface area contributed by atoms with Crippen LogP contribution in [-0.4, -0.2) is 11.5 Å². The maximum absolute atomic E-state index is 11.1. The lowest BCUT2D eigenvalue weighted by molar-refractivity contribution is 0.101. The van der Waals surface area contributed by atoms with Gasteiger partial charge >= 0.3 is 0 Å². The van der Waals surface area contributed by atoms with Crippen molar-refractivity contribution in [3.63, 3.8) is 0 Å². The highest BCUT2D eigenvalue weighted by molar-refractivity contribution is 7.99. The van der Waals surface area contributed by atoms with Gasteiger partial charge in [0.05, 0.1) is 5.02 Å². The topological polar surface area (TPSA) is 17.1 Å². The molecule has 0 heterocycles. The molecule has 1 nitrogen and oxygen atoms in total. The number of carbonyl (C=O) groups is 1. The molecule has 0 radical (unpaired) electrons. The first-order chi connectivity index (χ1) is 6.65. The summed E-state index contributed by atoms with van der Waals surface area (Å²) in [6.07, 6.45) is 1.14. The van der Waals surface area contributed by atoms with E-state index in [0.717, 1.165) is 17.1 Å². The molecule has 1 aromatic rings. The fourth-order valence-corrected chi connectivity index (χ4v) is 2.27. The van der Waals surface area contributed by atoms with Crippen molar-refractivity contribution in [2.75, 3.05) is 5.75 Å². The molecule has 0 N–H and O–H groups in total. The van der Waals surface area contributed by atoms with Crippen molar-refractivity contribution < 1.29 is 4.79 Å². The maximum atomic E-state index is 11.1. The molecule has 0 unspecified atom stereocenters. The molecule has 0 aromatic heterocycles. The predicted molar refractivity (Wildman–Crippen MR) is 62.5 cm³/mol. The van der Waals surface area contributed by atoms with E-state index < -0.39 is 0 Å². The summed E-state index contributed by atoms with van der Waals surface area (Å²) in [5.74, 6) is 1.09. The molecule has 0 saturated heterocycles. The van der Waals surface area contributed by atoms with E-state index in [1.165, 1.54) is 6.92 Å². The summed E-state index contributed by atoms with van der Waals surface area (Å²) in [6, 6.07) is 5.60. The zero-order valence-corrected chi connectivity index (χ0v) is 9.91. The zero-order valence-electron chi connectivity index (χ0n) is 8.34. The van der Waals surface area contributed by atoms with Gasteiger partial charge in [-0.15, -0.1) is 11.8 Å². The number of hydrogen-bond donors (Lipinski definition) is 0. The van der Waals surface area contributed by atoms with Crippen LogP contribution in [0.2, 0.25) is 5.02 Å². The molecule has 76 valence electrons. The maximum Gasteiger partial charge on any atom is 0.161 e. The lowest BCUT2D eigenvalue weighted by atomic mass is 10.1. The second-order valence-corrected chi connectivity index (χ2v) is 4.62. The number of ketones is 1. The monoisotopic (exact) mass is 228 g/mol. The minimum absolute atomic E-state index is 0.0158. The molecule has 0 atom stereocenters.